The van der Waals surface area contributed by atoms with Gasteiger partial charge in [0.1, 0.15) is 5.75 Å². The monoisotopic (exact) mass is 620 g/mol. The summed E-state index contributed by atoms with van der Waals surface area (Å²) in [5, 5.41) is 13.0. The molecule has 1 amide bonds. The molecule has 0 saturated heterocycles. The standard InChI is InChI=1S/C31H29Cl2F3N2O4/c1-42-22-10-8-19(9-11-22)28(25-17-38-29-24(25)15-21(32)16-26(29)33)23(3-2-13-31(34,35)36)18-4-6-20(7-5-18)30(41)37-14-12-27(39)40/h4-11,15-17,23,28,38H,2-3,12-14H2,1H3,(H,37,41)(H,39,40). The number of carboxylic acid groups (broad SMARTS) is 1. The van der Waals surface area contributed by atoms with Gasteiger partial charge in [-0.15, -0.1) is 0 Å². The van der Waals surface area contributed by atoms with Crippen molar-refractivity contribution in [3.63, 3.8) is 0 Å². The first-order valence-electron chi connectivity index (χ1n) is 13.2. The zero-order chi connectivity index (χ0) is 30.4. The molecule has 0 aliphatic rings. The van der Waals surface area contributed by atoms with Crippen LogP contribution < -0.4 is 10.1 Å². The van der Waals surface area contributed by atoms with Gasteiger partial charge in [-0.1, -0.05) is 47.5 Å². The van der Waals surface area contributed by atoms with Gasteiger partial charge in [0.2, 0.25) is 0 Å². The van der Waals surface area contributed by atoms with Crippen molar-refractivity contribution in [2.45, 2.75) is 43.7 Å². The van der Waals surface area contributed by atoms with Crippen molar-refractivity contribution in [2.24, 2.45) is 0 Å². The molecule has 0 spiro atoms. The highest BCUT2D eigenvalue weighted by molar-refractivity contribution is 6.38. The molecule has 6 nitrogen and oxygen atoms in total. The molecule has 2 atom stereocenters. The number of ether oxygens (including phenoxy) is 1. The highest BCUT2D eigenvalue weighted by Crippen LogP contribution is 2.46. The Hall–Kier alpha value is -3.69. The average molecular weight is 621 g/mol. The highest BCUT2D eigenvalue weighted by atomic mass is 35.5. The number of rotatable bonds is 12. The lowest BCUT2D eigenvalue weighted by Gasteiger charge is -2.29. The number of aliphatic carboxylic acids is 1. The van der Waals surface area contributed by atoms with E-state index >= 15 is 0 Å². The molecule has 42 heavy (non-hydrogen) atoms. The molecular weight excluding hydrogens is 592 g/mol. The van der Waals surface area contributed by atoms with Crippen LogP contribution in [0.2, 0.25) is 10.0 Å². The Morgan fingerprint density at radius 1 is 1.02 bits per heavy atom. The molecule has 3 N–H and O–H groups in total. The highest BCUT2D eigenvalue weighted by Gasteiger charge is 2.32. The van der Waals surface area contributed by atoms with Crippen LogP contribution in [0.5, 0.6) is 5.75 Å². The number of fused-ring (bicyclic) bond motifs is 1. The van der Waals surface area contributed by atoms with Gasteiger partial charge in [-0.05, 0) is 71.8 Å². The summed E-state index contributed by atoms with van der Waals surface area (Å²) >= 11 is 12.8. The number of halogens is 5. The second kappa shape index (κ2) is 13.5. The Morgan fingerprint density at radius 2 is 1.69 bits per heavy atom. The van der Waals surface area contributed by atoms with E-state index in [1.165, 1.54) is 0 Å². The lowest BCUT2D eigenvalue weighted by molar-refractivity contribution is -0.137. The molecule has 0 fully saturated rings. The smallest absolute Gasteiger partial charge is 0.389 e. The summed E-state index contributed by atoms with van der Waals surface area (Å²) in [6.45, 7) is -0.0266. The molecule has 1 heterocycles. The van der Waals surface area contributed by atoms with Gasteiger partial charge in [0.25, 0.3) is 5.91 Å². The summed E-state index contributed by atoms with van der Waals surface area (Å²) in [5.41, 5.74) is 3.37. The molecule has 1 aromatic heterocycles. The number of H-pyrrole nitrogens is 1. The van der Waals surface area contributed by atoms with Gasteiger partial charge in [0.15, 0.2) is 0 Å². The third kappa shape index (κ3) is 7.77. The first-order chi connectivity index (χ1) is 20.0. The molecule has 0 bridgehead atoms. The zero-order valence-corrected chi connectivity index (χ0v) is 24.1. The van der Waals surface area contributed by atoms with Crippen molar-refractivity contribution < 1.29 is 32.6 Å². The predicted molar refractivity (Wildman–Crippen MR) is 157 cm³/mol. The van der Waals surface area contributed by atoms with Gasteiger partial charge in [0, 0.05) is 41.1 Å². The first kappa shape index (κ1) is 31.3. The van der Waals surface area contributed by atoms with E-state index in [9.17, 15) is 22.8 Å². The fourth-order valence-corrected chi connectivity index (χ4v) is 5.74. The third-order valence-corrected chi connectivity index (χ3v) is 7.67. The Morgan fingerprint density at radius 3 is 2.31 bits per heavy atom. The van der Waals surface area contributed by atoms with Crippen LogP contribution in [0.15, 0.2) is 66.9 Å². The van der Waals surface area contributed by atoms with Gasteiger partial charge in [-0.25, -0.2) is 0 Å². The molecule has 4 rings (SSSR count). The van der Waals surface area contributed by atoms with Crippen LogP contribution in [-0.4, -0.2) is 41.8 Å². The van der Waals surface area contributed by atoms with Crippen LogP contribution in [0, 0.1) is 0 Å². The van der Waals surface area contributed by atoms with Crippen LogP contribution in [-0.2, 0) is 4.79 Å². The topological polar surface area (TPSA) is 91.4 Å². The molecule has 4 aromatic rings. The maximum absolute atomic E-state index is 13.3. The van der Waals surface area contributed by atoms with Crippen molar-refractivity contribution in [2.75, 3.05) is 13.7 Å². The van der Waals surface area contributed by atoms with Gasteiger partial charge < -0.3 is 20.1 Å². The largest absolute Gasteiger partial charge is 0.497 e. The molecule has 222 valence electrons. The van der Waals surface area contributed by atoms with Crippen molar-refractivity contribution in [1.82, 2.24) is 10.3 Å². The number of methoxy groups -OCH3 is 1. The van der Waals surface area contributed by atoms with Gasteiger partial charge in [-0.2, -0.15) is 13.2 Å². The van der Waals surface area contributed by atoms with Gasteiger partial charge in [-0.3, -0.25) is 9.59 Å². The van der Waals surface area contributed by atoms with E-state index in [1.807, 2.05) is 18.3 Å². The fraction of sp³-hybridized carbons (Fsp3) is 0.290. The number of carbonyl (C=O) groups excluding carboxylic acids is 1. The molecule has 0 saturated carbocycles. The quantitative estimate of drug-likeness (QED) is 0.148. The summed E-state index contributed by atoms with van der Waals surface area (Å²) in [4.78, 5) is 26.5. The minimum Gasteiger partial charge on any atom is -0.497 e. The third-order valence-electron chi connectivity index (χ3n) is 7.15. The van der Waals surface area contributed by atoms with Crippen LogP contribution in [0.25, 0.3) is 10.9 Å². The Bertz CT molecular complexity index is 1540. The lowest BCUT2D eigenvalue weighted by Crippen LogP contribution is -2.26. The van der Waals surface area contributed by atoms with E-state index < -0.39 is 36.3 Å². The summed E-state index contributed by atoms with van der Waals surface area (Å²) in [6, 6.07) is 17.4. The second-order valence-electron chi connectivity index (χ2n) is 9.94. The summed E-state index contributed by atoms with van der Waals surface area (Å²) in [7, 11) is 1.55. The number of carbonyl (C=O) groups is 2. The summed E-state index contributed by atoms with van der Waals surface area (Å²) in [6.07, 6.45) is -3.56. The van der Waals surface area contributed by atoms with Gasteiger partial charge in [0.05, 0.1) is 24.1 Å². The van der Waals surface area contributed by atoms with Gasteiger partial charge >= 0.3 is 12.1 Å². The zero-order valence-electron chi connectivity index (χ0n) is 22.6. The molecule has 11 heteroatoms. The number of carboxylic acids is 1. The molecule has 0 aliphatic carbocycles. The van der Waals surface area contributed by atoms with Crippen LogP contribution in [0.4, 0.5) is 13.2 Å². The number of hydrogen-bond acceptors (Lipinski definition) is 3. The van der Waals surface area contributed by atoms with Crippen molar-refractivity contribution in [3.05, 3.63) is 99.2 Å². The number of amides is 1. The maximum atomic E-state index is 13.3. The fourth-order valence-electron chi connectivity index (χ4n) is 5.19. The predicted octanol–water partition coefficient (Wildman–Crippen LogP) is 8.34. The minimum absolute atomic E-state index is 0.0266. The van der Waals surface area contributed by atoms with E-state index in [1.54, 1.807) is 55.6 Å². The second-order valence-corrected chi connectivity index (χ2v) is 10.8. The first-order valence-corrected chi connectivity index (χ1v) is 14.0. The number of aromatic amines is 1. The van der Waals surface area contributed by atoms with E-state index in [2.05, 4.69) is 10.3 Å². The van der Waals surface area contributed by atoms with E-state index in [0.717, 1.165) is 22.1 Å². The molecule has 3 aromatic carbocycles. The Labute approximate surface area is 250 Å². The minimum atomic E-state index is -4.31. The number of benzene rings is 3. The average Bonchev–Trinajstić information content (AvgIpc) is 3.35. The number of hydrogen-bond donors (Lipinski definition) is 3. The van der Waals surface area contributed by atoms with Crippen molar-refractivity contribution in [1.29, 1.82) is 0 Å². The van der Waals surface area contributed by atoms with E-state index in [4.69, 9.17) is 33.0 Å². The maximum Gasteiger partial charge on any atom is 0.389 e. The summed E-state index contributed by atoms with van der Waals surface area (Å²) < 4.78 is 45.1. The van der Waals surface area contributed by atoms with Crippen LogP contribution >= 0.6 is 23.2 Å². The van der Waals surface area contributed by atoms with E-state index in [0.29, 0.717) is 26.9 Å². The van der Waals surface area contributed by atoms with Crippen LogP contribution in [0.1, 0.15) is 64.6 Å². The van der Waals surface area contributed by atoms with Crippen molar-refractivity contribution in [3.8, 4) is 5.75 Å². The summed E-state index contributed by atoms with van der Waals surface area (Å²) in [5.74, 6) is -1.68. The number of alkyl halides is 3. The molecule has 0 radical (unpaired) electrons. The number of nitrogens with one attached hydrogen (secondary N) is 2. The van der Waals surface area contributed by atoms with Crippen LogP contribution in [0.3, 0.4) is 0 Å². The van der Waals surface area contributed by atoms with Crippen molar-refractivity contribution >= 4 is 46.0 Å². The number of aromatic nitrogens is 1. The van der Waals surface area contributed by atoms with E-state index in [-0.39, 0.29) is 25.8 Å². The molecule has 2 unspecified atom stereocenters. The lowest BCUT2D eigenvalue weighted by atomic mass is 9.74. The Balaban J connectivity index is 1.79. The Kier molecular flexibility index (Phi) is 10.1. The molecule has 0 aliphatic heterocycles. The SMILES string of the molecule is COc1ccc(C(c2c[nH]c3c(Cl)cc(Cl)cc23)C(CCCC(F)(F)F)c2ccc(C(=O)NCCC(=O)O)cc2)cc1. The normalized spacial score (nSPS) is 13.1. The molecular formula is C31H29Cl2F3N2O4.